The molecule has 1 rings (SSSR count). The normalized spacial score (nSPS) is 10.4. The molecule has 0 N–H and O–H groups in total. The Labute approximate surface area is 117 Å². The second kappa shape index (κ2) is 7.54. The number of hydrogen-bond acceptors (Lipinski definition) is 3. The molecule has 1 aromatic carbocycles. The number of ketones is 1. The van der Waals surface area contributed by atoms with E-state index in [-0.39, 0.29) is 5.78 Å². The van der Waals surface area contributed by atoms with Gasteiger partial charge in [0.15, 0.2) is 5.78 Å². The van der Waals surface area contributed by atoms with E-state index < -0.39 is 0 Å². The summed E-state index contributed by atoms with van der Waals surface area (Å²) in [7, 11) is 0. The number of carbonyl (C=O) groups excluding carboxylic acids is 1. The minimum absolute atomic E-state index is 0.0830. The third-order valence-corrected chi connectivity index (χ3v) is 3.42. The number of benzene rings is 1. The third-order valence-electron chi connectivity index (χ3n) is 2.79. The molecule has 0 bridgehead atoms. The van der Waals surface area contributed by atoms with Crippen LogP contribution in [0.25, 0.3) is 0 Å². The average Bonchev–Trinajstić information content (AvgIpc) is 2.35. The molecule has 0 heterocycles. The summed E-state index contributed by atoms with van der Waals surface area (Å²) < 4.78 is 6.33. The van der Waals surface area contributed by atoms with Crippen LogP contribution in [-0.2, 0) is 4.74 Å². The van der Waals surface area contributed by atoms with Crippen molar-refractivity contribution in [2.75, 3.05) is 31.2 Å². The van der Waals surface area contributed by atoms with Gasteiger partial charge in [-0.2, -0.15) is 0 Å². The van der Waals surface area contributed by atoms with Crippen molar-refractivity contribution in [3.63, 3.8) is 0 Å². The summed E-state index contributed by atoms with van der Waals surface area (Å²) in [6.45, 7) is 8.89. The number of ether oxygens (including phenoxy) is 1. The fraction of sp³-hybridized carbons (Fsp3) is 0.500. The van der Waals surface area contributed by atoms with Crippen LogP contribution in [0, 0.1) is 0 Å². The zero-order valence-electron chi connectivity index (χ0n) is 11.2. The molecule has 0 aliphatic heterocycles. The molecular weight excluding hydrogens is 294 g/mol. The molecule has 4 heteroatoms. The van der Waals surface area contributed by atoms with E-state index in [0.717, 1.165) is 35.4 Å². The first-order chi connectivity index (χ1) is 8.60. The lowest BCUT2D eigenvalue weighted by Crippen LogP contribution is -2.27. The third kappa shape index (κ3) is 4.10. The van der Waals surface area contributed by atoms with Gasteiger partial charge in [-0.25, -0.2) is 0 Å². The van der Waals surface area contributed by atoms with Crippen molar-refractivity contribution in [1.82, 2.24) is 0 Å². The van der Waals surface area contributed by atoms with E-state index in [1.54, 1.807) is 6.92 Å². The summed E-state index contributed by atoms with van der Waals surface area (Å²) in [5.41, 5.74) is 1.83. The van der Waals surface area contributed by atoms with Crippen LogP contribution in [0.2, 0.25) is 0 Å². The molecule has 0 fully saturated rings. The fourth-order valence-corrected chi connectivity index (χ4v) is 2.38. The molecule has 18 heavy (non-hydrogen) atoms. The molecule has 0 aliphatic rings. The van der Waals surface area contributed by atoms with E-state index in [1.807, 2.05) is 25.1 Å². The largest absolute Gasteiger partial charge is 0.380 e. The second-order valence-electron chi connectivity index (χ2n) is 4.00. The number of hydrogen-bond donors (Lipinski definition) is 0. The van der Waals surface area contributed by atoms with Crippen LogP contribution in [0.15, 0.2) is 22.7 Å². The molecule has 0 aliphatic carbocycles. The van der Waals surface area contributed by atoms with E-state index in [1.165, 1.54) is 0 Å². The maximum absolute atomic E-state index is 11.3. The van der Waals surface area contributed by atoms with Crippen LogP contribution in [-0.4, -0.2) is 32.1 Å². The average molecular weight is 314 g/mol. The summed E-state index contributed by atoms with van der Waals surface area (Å²) >= 11 is 3.53. The Morgan fingerprint density at radius 3 is 2.61 bits per heavy atom. The van der Waals surface area contributed by atoms with Crippen LogP contribution in [0.1, 0.15) is 31.1 Å². The van der Waals surface area contributed by atoms with E-state index in [9.17, 15) is 4.79 Å². The molecule has 0 spiro atoms. The molecule has 0 unspecified atom stereocenters. The lowest BCUT2D eigenvalue weighted by molar-refractivity contribution is 0.101. The highest BCUT2D eigenvalue weighted by molar-refractivity contribution is 9.10. The summed E-state index contributed by atoms with van der Waals surface area (Å²) in [6.07, 6.45) is 0. The van der Waals surface area contributed by atoms with Crippen molar-refractivity contribution in [2.24, 2.45) is 0 Å². The zero-order chi connectivity index (χ0) is 13.5. The highest BCUT2D eigenvalue weighted by Gasteiger charge is 2.10. The Morgan fingerprint density at radius 1 is 1.39 bits per heavy atom. The van der Waals surface area contributed by atoms with E-state index in [0.29, 0.717) is 6.61 Å². The van der Waals surface area contributed by atoms with Crippen molar-refractivity contribution >= 4 is 27.4 Å². The van der Waals surface area contributed by atoms with Gasteiger partial charge in [-0.05, 0) is 54.9 Å². The number of nitrogens with zero attached hydrogens (tertiary/aromatic N) is 1. The molecule has 1 aromatic rings. The molecule has 3 nitrogen and oxygen atoms in total. The molecule has 0 amide bonds. The predicted molar refractivity (Wildman–Crippen MR) is 78.5 cm³/mol. The summed E-state index contributed by atoms with van der Waals surface area (Å²) in [5.74, 6) is 0.0830. The van der Waals surface area contributed by atoms with Gasteiger partial charge < -0.3 is 9.64 Å². The van der Waals surface area contributed by atoms with Gasteiger partial charge >= 0.3 is 0 Å². The van der Waals surface area contributed by atoms with Crippen LogP contribution >= 0.6 is 15.9 Å². The minimum Gasteiger partial charge on any atom is -0.380 e. The second-order valence-corrected chi connectivity index (χ2v) is 4.85. The number of Topliss-reactive ketones (excluding diaryl/α,β-unsaturated/α-hetero) is 1. The summed E-state index contributed by atoms with van der Waals surface area (Å²) in [4.78, 5) is 13.5. The van der Waals surface area contributed by atoms with Gasteiger partial charge in [0.1, 0.15) is 0 Å². The maximum atomic E-state index is 11.3. The number of rotatable bonds is 7. The number of carbonyl (C=O) groups is 1. The lowest BCUT2D eigenvalue weighted by atomic mass is 10.1. The van der Waals surface area contributed by atoms with Crippen LogP contribution < -0.4 is 4.90 Å². The minimum atomic E-state index is 0.0830. The standard InChI is InChI=1S/C14H20BrNO2/c1-4-16(8-9-18-5-2)14-7-6-12(11(3)17)10-13(14)15/h6-7,10H,4-5,8-9H2,1-3H3. The first-order valence-electron chi connectivity index (χ1n) is 6.23. The summed E-state index contributed by atoms with van der Waals surface area (Å²) in [6, 6.07) is 5.73. The fourth-order valence-electron chi connectivity index (χ4n) is 1.75. The van der Waals surface area contributed by atoms with Gasteiger partial charge in [-0.1, -0.05) is 0 Å². The SMILES string of the molecule is CCOCCN(CC)c1ccc(C(C)=O)cc1Br. The molecule has 0 aromatic heterocycles. The quantitative estimate of drug-likeness (QED) is 0.570. The Balaban J connectivity index is 2.82. The van der Waals surface area contributed by atoms with Gasteiger partial charge in [0, 0.05) is 29.7 Å². The summed E-state index contributed by atoms with van der Waals surface area (Å²) in [5, 5.41) is 0. The highest BCUT2D eigenvalue weighted by Crippen LogP contribution is 2.27. The van der Waals surface area contributed by atoms with Crippen LogP contribution in [0.4, 0.5) is 5.69 Å². The van der Waals surface area contributed by atoms with Gasteiger partial charge in [0.25, 0.3) is 0 Å². The first-order valence-corrected chi connectivity index (χ1v) is 7.02. The Bertz CT molecular complexity index is 407. The number of halogens is 1. The van der Waals surface area contributed by atoms with E-state index in [2.05, 4.69) is 27.8 Å². The maximum Gasteiger partial charge on any atom is 0.159 e. The van der Waals surface area contributed by atoms with Gasteiger partial charge in [-0.15, -0.1) is 0 Å². The van der Waals surface area contributed by atoms with E-state index in [4.69, 9.17) is 4.74 Å². The Morgan fingerprint density at radius 2 is 2.11 bits per heavy atom. The van der Waals surface area contributed by atoms with Crippen LogP contribution in [0.3, 0.4) is 0 Å². The molecule has 0 radical (unpaired) electrons. The van der Waals surface area contributed by atoms with Gasteiger partial charge in [-0.3, -0.25) is 4.79 Å². The topological polar surface area (TPSA) is 29.5 Å². The molecule has 0 saturated carbocycles. The molecule has 0 atom stereocenters. The molecule has 0 saturated heterocycles. The monoisotopic (exact) mass is 313 g/mol. The number of anilines is 1. The number of likely N-dealkylation sites (N-methyl/N-ethyl adjacent to an activating group) is 1. The lowest BCUT2D eigenvalue weighted by Gasteiger charge is -2.24. The van der Waals surface area contributed by atoms with Gasteiger partial charge in [0.2, 0.25) is 0 Å². The Kier molecular flexibility index (Phi) is 6.36. The van der Waals surface area contributed by atoms with Crippen molar-refractivity contribution in [1.29, 1.82) is 0 Å². The van der Waals surface area contributed by atoms with Crippen molar-refractivity contribution in [3.05, 3.63) is 28.2 Å². The smallest absolute Gasteiger partial charge is 0.159 e. The van der Waals surface area contributed by atoms with Crippen molar-refractivity contribution < 1.29 is 9.53 Å². The van der Waals surface area contributed by atoms with Gasteiger partial charge in [0.05, 0.1) is 12.3 Å². The van der Waals surface area contributed by atoms with E-state index >= 15 is 0 Å². The first kappa shape index (κ1) is 15.2. The zero-order valence-corrected chi connectivity index (χ0v) is 12.8. The van der Waals surface area contributed by atoms with Crippen molar-refractivity contribution in [2.45, 2.75) is 20.8 Å². The molecule has 100 valence electrons. The van der Waals surface area contributed by atoms with Crippen molar-refractivity contribution in [3.8, 4) is 0 Å². The Hall–Kier alpha value is -0.870. The van der Waals surface area contributed by atoms with Crippen LogP contribution in [0.5, 0.6) is 0 Å². The molecular formula is C14H20BrNO2. The predicted octanol–water partition coefficient (Wildman–Crippen LogP) is 3.51. The highest BCUT2D eigenvalue weighted by atomic mass is 79.9.